The first-order chi connectivity index (χ1) is 11.1. The maximum Gasteiger partial charge on any atom is 0.141 e. The quantitative estimate of drug-likeness (QED) is 0.730. The predicted molar refractivity (Wildman–Crippen MR) is 91.0 cm³/mol. The maximum absolute atomic E-state index is 8.35. The molecule has 1 fully saturated rings. The van der Waals surface area contributed by atoms with Crippen LogP contribution in [0.3, 0.4) is 0 Å². The summed E-state index contributed by atoms with van der Waals surface area (Å²) in [6, 6.07) is 1.98. The molecule has 4 N–H and O–H groups in total. The minimum atomic E-state index is 0.171. The normalized spacial score (nSPS) is 13.4. The molecule has 0 saturated heterocycles. The van der Waals surface area contributed by atoms with Crippen LogP contribution in [0.4, 0.5) is 11.6 Å². The van der Waals surface area contributed by atoms with Crippen molar-refractivity contribution >= 4 is 17.3 Å². The van der Waals surface area contributed by atoms with Crippen LogP contribution in [-0.2, 0) is 0 Å². The Hall–Kier alpha value is -2.44. The highest BCUT2D eigenvalue weighted by Gasteiger charge is 2.29. The van der Waals surface area contributed by atoms with Gasteiger partial charge in [-0.05, 0) is 26.7 Å². The van der Waals surface area contributed by atoms with Crippen molar-refractivity contribution in [2.45, 2.75) is 52.5 Å². The lowest BCUT2D eigenvalue weighted by Gasteiger charge is -2.14. The Balaban J connectivity index is 0.000000924. The molecule has 23 heavy (non-hydrogen) atoms. The third-order valence-electron chi connectivity index (χ3n) is 3.32. The summed E-state index contributed by atoms with van der Waals surface area (Å²) in [6.45, 7) is 7.99. The number of nitrogen functional groups attached to an aromatic ring is 1. The van der Waals surface area contributed by atoms with Crippen molar-refractivity contribution in [3.8, 4) is 0 Å². The van der Waals surface area contributed by atoms with E-state index in [0.29, 0.717) is 23.0 Å². The van der Waals surface area contributed by atoms with Crippen LogP contribution in [0.1, 0.15) is 63.5 Å². The van der Waals surface area contributed by atoms with Gasteiger partial charge in [0.05, 0.1) is 11.3 Å². The number of rotatable bonds is 5. The van der Waals surface area contributed by atoms with E-state index in [1.54, 1.807) is 0 Å². The monoisotopic (exact) mass is 316 g/mol. The summed E-state index contributed by atoms with van der Waals surface area (Å²) in [5.74, 6) is 2.09. The molecule has 1 saturated carbocycles. The van der Waals surface area contributed by atoms with Crippen LogP contribution in [0.25, 0.3) is 0 Å². The van der Waals surface area contributed by atoms with Gasteiger partial charge in [0.1, 0.15) is 29.4 Å². The topological polar surface area (TPSA) is 114 Å². The average Bonchev–Trinajstić information content (AvgIpc) is 3.26. The molecule has 0 aromatic carbocycles. The van der Waals surface area contributed by atoms with Gasteiger partial charge in [0.2, 0.25) is 0 Å². The highest BCUT2D eigenvalue weighted by atomic mass is 16.5. The number of anilines is 2. The molecule has 2 aromatic rings. The first-order valence-electron chi connectivity index (χ1n) is 7.99. The molecule has 124 valence electrons. The number of aromatic nitrogens is 3. The minimum Gasteiger partial charge on any atom is -0.383 e. The van der Waals surface area contributed by atoms with Gasteiger partial charge >= 0.3 is 0 Å². The second-order valence-corrected chi connectivity index (χ2v) is 5.55. The molecule has 2 heterocycles. The van der Waals surface area contributed by atoms with Gasteiger partial charge in [-0.15, -0.1) is 0 Å². The lowest BCUT2D eigenvalue weighted by molar-refractivity contribution is 0.383. The van der Waals surface area contributed by atoms with Crippen molar-refractivity contribution in [3.63, 3.8) is 0 Å². The summed E-state index contributed by atoms with van der Waals surface area (Å²) in [5, 5.41) is 15.5. The number of nitrogens with two attached hydrogens (primary N) is 1. The summed E-state index contributed by atoms with van der Waals surface area (Å²) >= 11 is 0. The Morgan fingerprint density at radius 2 is 2.04 bits per heavy atom. The molecule has 7 heteroatoms. The SMILES string of the molecule is CC.CC(C)Nc1ncnc(N)c1C(=N)c1cc(C2CC2)on1. The maximum atomic E-state index is 8.35. The Morgan fingerprint density at radius 3 is 2.65 bits per heavy atom. The van der Waals surface area contributed by atoms with Crippen molar-refractivity contribution < 1.29 is 4.52 Å². The van der Waals surface area contributed by atoms with E-state index in [9.17, 15) is 0 Å². The molecule has 7 nitrogen and oxygen atoms in total. The van der Waals surface area contributed by atoms with E-state index >= 15 is 0 Å². The number of nitrogens with zero attached hydrogens (tertiary/aromatic N) is 3. The summed E-state index contributed by atoms with van der Waals surface area (Å²) < 4.78 is 5.30. The Bertz CT molecular complexity index is 675. The van der Waals surface area contributed by atoms with Crippen LogP contribution >= 0.6 is 0 Å². The predicted octanol–water partition coefficient (Wildman–Crippen LogP) is 3.19. The van der Waals surface area contributed by atoms with E-state index < -0.39 is 0 Å². The Labute approximate surface area is 136 Å². The summed E-state index contributed by atoms with van der Waals surface area (Å²) in [5.41, 5.74) is 7.02. The van der Waals surface area contributed by atoms with E-state index in [1.165, 1.54) is 6.33 Å². The zero-order valence-electron chi connectivity index (χ0n) is 14.1. The fourth-order valence-corrected chi connectivity index (χ4v) is 2.12. The molecule has 0 spiro atoms. The first kappa shape index (κ1) is 16.9. The number of hydrogen-bond donors (Lipinski definition) is 3. The zero-order chi connectivity index (χ0) is 17.0. The summed E-state index contributed by atoms with van der Waals surface area (Å²) in [4.78, 5) is 8.15. The molecule has 0 radical (unpaired) electrons. The zero-order valence-corrected chi connectivity index (χ0v) is 14.1. The van der Waals surface area contributed by atoms with Gasteiger partial charge in [0, 0.05) is 18.0 Å². The third-order valence-corrected chi connectivity index (χ3v) is 3.32. The molecule has 1 aliphatic rings. The molecule has 2 aromatic heterocycles. The number of nitrogens with one attached hydrogen (secondary N) is 2. The fraction of sp³-hybridized carbons (Fsp3) is 0.500. The van der Waals surface area contributed by atoms with Crippen LogP contribution in [0.2, 0.25) is 0 Å². The van der Waals surface area contributed by atoms with Gasteiger partial charge in [0.15, 0.2) is 0 Å². The molecule has 0 amide bonds. The van der Waals surface area contributed by atoms with Crippen molar-refractivity contribution in [2.75, 3.05) is 11.1 Å². The minimum absolute atomic E-state index is 0.171. The number of hydrogen-bond acceptors (Lipinski definition) is 7. The van der Waals surface area contributed by atoms with Gasteiger partial charge in [-0.25, -0.2) is 9.97 Å². The lowest BCUT2D eigenvalue weighted by atomic mass is 10.1. The van der Waals surface area contributed by atoms with Crippen molar-refractivity contribution in [1.82, 2.24) is 15.1 Å². The summed E-state index contributed by atoms with van der Waals surface area (Å²) in [6.07, 6.45) is 3.63. The van der Waals surface area contributed by atoms with Crippen molar-refractivity contribution in [1.29, 1.82) is 5.41 Å². The van der Waals surface area contributed by atoms with E-state index in [0.717, 1.165) is 18.6 Å². The van der Waals surface area contributed by atoms with Crippen LogP contribution in [-0.4, -0.2) is 26.9 Å². The van der Waals surface area contributed by atoms with Crippen molar-refractivity contribution in [2.24, 2.45) is 0 Å². The summed E-state index contributed by atoms with van der Waals surface area (Å²) in [7, 11) is 0. The Kier molecular flexibility index (Phi) is 5.31. The second kappa shape index (κ2) is 7.21. The van der Waals surface area contributed by atoms with Crippen LogP contribution in [0, 0.1) is 5.41 Å². The van der Waals surface area contributed by atoms with Gasteiger partial charge in [-0.2, -0.15) is 0 Å². The van der Waals surface area contributed by atoms with Gasteiger partial charge in [-0.3, -0.25) is 5.41 Å². The molecule has 0 unspecified atom stereocenters. The third kappa shape index (κ3) is 3.85. The van der Waals surface area contributed by atoms with Gasteiger partial charge in [-0.1, -0.05) is 19.0 Å². The van der Waals surface area contributed by atoms with E-state index in [1.807, 2.05) is 33.8 Å². The van der Waals surface area contributed by atoms with Crippen LogP contribution < -0.4 is 11.1 Å². The molecule has 1 aliphatic carbocycles. The fourth-order valence-electron chi connectivity index (χ4n) is 2.12. The molecular weight excluding hydrogens is 292 g/mol. The van der Waals surface area contributed by atoms with Gasteiger partial charge in [0.25, 0.3) is 0 Å². The van der Waals surface area contributed by atoms with E-state index in [4.69, 9.17) is 15.7 Å². The second-order valence-electron chi connectivity index (χ2n) is 5.55. The highest BCUT2D eigenvalue weighted by molar-refractivity contribution is 6.15. The largest absolute Gasteiger partial charge is 0.383 e. The first-order valence-corrected chi connectivity index (χ1v) is 7.99. The van der Waals surface area contributed by atoms with Crippen LogP contribution in [0.15, 0.2) is 16.9 Å². The Morgan fingerprint density at radius 1 is 1.35 bits per heavy atom. The highest BCUT2D eigenvalue weighted by Crippen LogP contribution is 2.40. The van der Waals surface area contributed by atoms with E-state index in [2.05, 4.69) is 20.4 Å². The molecular formula is C16H24N6O. The lowest BCUT2D eigenvalue weighted by Crippen LogP contribution is -2.18. The van der Waals surface area contributed by atoms with E-state index in [-0.39, 0.29) is 17.6 Å². The average molecular weight is 316 g/mol. The standard InChI is InChI=1S/C14H18N6O.C2H6/c1-7(2)19-14-11(13(16)17-6-18-14)12(15)9-5-10(21-20-9)8-3-4-8;1-2/h5-8,15H,3-4H2,1-2H3,(H3,16,17,18,19);1-2H3. The smallest absolute Gasteiger partial charge is 0.141 e. The van der Waals surface area contributed by atoms with Gasteiger partial charge < -0.3 is 15.6 Å². The molecule has 0 aliphatic heterocycles. The molecule has 0 bridgehead atoms. The van der Waals surface area contributed by atoms with Crippen LogP contribution in [0.5, 0.6) is 0 Å². The van der Waals surface area contributed by atoms with Crippen molar-refractivity contribution in [3.05, 3.63) is 29.4 Å². The molecule has 3 rings (SSSR count). The molecule has 0 atom stereocenters.